The smallest absolute Gasteiger partial charge is 0.253 e. The minimum Gasteiger partial charge on any atom is -0.337 e. The number of carbonyl (C=O) groups is 1. The van der Waals surface area contributed by atoms with Crippen LogP contribution in [-0.2, 0) is 13.1 Å². The Bertz CT molecular complexity index is 863. The van der Waals surface area contributed by atoms with Crippen molar-refractivity contribution in [3.05, 3.63) is 88.2 Å². The number of imidazole rings is 1. The number of carbonyl (C=O) groups excluding carboxylic acids is 1. The molecule has 0 unspecified atom stereocenters. The molecule has 1 amide bonds. The molecule has 4 nitrogen and oxygen atoms in total. The van der Waals surface area contributed by atoms with Crippen molar-refractivity contribution in [2.24, 2.45) is 0 Å². The molecule has 0 saturated heterocycles. The molecule has 6 heteroatoms. The van der Waals surface area contributed by atoms with E-state index in [1.165, 1.54) is 11.0 Å². The van der Waals surface area contributed by atoms with E-state index in [-0.39, 0.29) is 18.3 Å². The van der Waals surface area contributed by atoms with Gasteiger partial charge in [-0.3, -0.25) is 4.79 Å². The molecule has 0 fully saturated rings. The third-order valence-corrected chi connectivity index (χ3v) is 4.38. The lowest BCUT2D eigenvalue weighted by Crippen LogP contribution is -2.26. The van der Waals surface area contributed by atoms with Crippen LogP contribution in [-0.4, -0.2) is 27.4 Å². The van der Waals surface area contributed by atoms with Gasteiger partial charge in [0.05, 0.1) is 6.33 Å². The maximum absolute atomic E-state index is 13.9. The Morgan fingerprint density at radius 3 is 2.68 bits per heavy atom. The summed E-state index contributed by atoms with van der Waals surface area (Å²) in [6.45, 7) is 0.911. The zero-order valence-electron chi connectivity index (χ0n) is 13.7. The van der Waals surface area contributed by atoms with Gasteiger partial charge in [-0.1, -0.05) is 28.1 Å². The molecule has 0 radical (unpaired) electrons. The number of aromatic nitrogens is 2. The fraction of sp³-hybridized carbons (Fsp3) is 0.158. The lowest BCUT2D eigenvalue weighted by Gasteiger charge is -2.18. The Hall–Kier alpha value is -2.47. The van der Waals surface area contributed by atoms with E-state index in [4.69, 9.17) is 0 Å². The molecule has 0 spiro atoms. The van der Waals surface area contributed by atoms with E-state index in [2.05, 4.69) is 20.9 Å². The first kappa shape index (κ1) is 17.4. The highest BCUT2D eigenvalue weighted by molar-refractivity contribution is 9.10. The fourth-order valence-corrected chi connectivity index (χ4v) is 2.96. The van der Waals surface area contributed by atoms with E-state index >= 15 is 0 Å². The summed E-state index contributed by atoms with van der Waals surface area (Å²) in [5.41, 5.74) is 2.13. The summed E-state index contributed by atoms with van der Waals surface area (Å²) in [5.74, 6) is -0.466. The van der Waals surface area contributed by atoms with Gasteiger partial charge in [-0.25, -0.2) is 9.37 Å². The lowest BCUT2D eigenvalue weighted by atomic mass is 10.1. The van der Waals surface area contributed by atoms with Crippen molar-refractivity contribution in [2.75, 3.05) is 7.05 Å². The van der Waals surface area contributed by atoms with E-state index in [0.717, 1.165) is 10.0 Å². The molecule has 3 rings (SSSR count). The predicted molar refractivity (Wildman–Crippen MR) is 97.7 cm³/mol. The van der Waals surface area contributed by atoms with Gasteiger partial charge in [0.2, 0.25) is 0 Å². The molecule has 1 heterocycles. The molecule has 0 atom stereocenters. The molecule has 0 aliphatic rings. The third kappa shape index (κ3) is 4.33. The van der Waals surface area contributed by atoms with Crippen LogP contribution in [0.5, 0.6) is 0 Å². The Kier molecular flexibility index (Phi) is 5.28. The minimum atomic E-state index is -0.321. The highest BCUT2D eigenvalue weighted by Crippen LogP contribution is 2.18. The van der Waals surface area contributed by atoms with Crippen molar-refractivity contribution in [1.29, 1.82) is 0 Å². The third-order valence-electron chi connectivity index (χ3n) is 3.89. The lowest BCUT2D eigenvalue weighted by molar-refractivity contribution is 0.0784. The van der Waals surface area contributed by atoms with E-state index in [0.29, 0.717) is 17.7 Å². The normalized spacial score (nSPS) is 10.7. The van der Waals surface area contributed by atoms with Gasteiger partial charge in [0.1, 0.15) is 5.82 Å². The minimum absolute atomic E-state index is 0.145. The van der Waals surface area contributed by atoms with Gasteiger partial charge in [0.25, 0.3) is 5.91 Å². The monoisotopic (exact) mass is 401 g/mol. The van der Waals surface area contributed by atoms with Gasteiger partial charge in [0.15, 0.2) is 0 Å². The molecule has 0 N–H and O–H groups in total. The van der Waals surface area contributed by atoms with Crippen LogP contribution in [0.2, 0.25) is 0 Å². The van der Waals surface area contributed by atoms with Crippen molar-refractivity contribution < 1.29 is 9.18 Å². The van der Waals surface area contributed by atoms with Gasteiger partial charge in [0, 0.05) is 48.1 Å². The molecule has 25 heavy (non-hydrogen) atoms. The Labute approximate surface area is 154 Å². The van der Waals surface area contributed by atoms with Crippen LogP contribution >= 0.6 is 15.9 Å². The maximum atomic E-state index is 13.9. The summed E-state index contributed by atoms with van der Waals surface area (Å²) in [6.07, 6.45) is 5.37. The first-order valence-corrected chi connectivity index (χ1v) is 8.56. The molecule has 1 aromatic heterocycles. The molecule has 0 aliphatic heterocycles. The second kappa shape index (κ2) is 7.61. The van der Waals surface area contributed by atoms with Crippen molar-refractivity contribution in [3.63, 3.8) is 0 Å². The van der Waals surface area contributed by atoms with Crippen LogP contribution in [0.1, 0.15) is 21.5 Å². The van der Waals surface area contributed by atoms with Crippen LogP contribution in [0.4, 0.5) is 4.39 Å². The average Bonchev–Trinajstić information content (AvgIpc) is 3.11. The summed E-state index contributed by atoms with van der Waals surface area (Å²) < 4.78 is 16.6. The van der Waals surface area contributed by atoms with Crippen molar-refractivity contribution in [2.45, 2.75) is 13.1 Å². The van der Waals surface area contributed by atoms with Crippen molar-refractivity contribution in [3.8, 4) is 0 Å². The summed E-state index contributed by atoms with van der Waals surface area (Å²) >= 11 is 3.32. The van der Waals surface area contributed by atoms with E-state index in [1.54, 1.807) is 43.8 Å². The summed E-state index contributed by atoms with van der Waals surface area (Å²) in [6, 6.07) is 12.1. The van der Waals surface area contributed by atoms with Crippen molar-refractivity contribution >= 4 is 21.8 Å². The fourth-order valence-electron chi connectivity index (χ4n) is 2.56. The van der Waals surface area contributed by atoms with E-state index in [9.17, 15) is 9.18 Å². The van der Waals surface area contributed by atoms with Crippen LogP contribution in [0.15, 0.2) is 65.7 Å². The Morgan fingerprint density at radius 1 is 1.24 bits per heavy atom. The first-order valence-electron chi connectivity index (χ1n) is 7.77. The number of hydrogen-bond donors (Lipinski definition) is 0. The number of halogens is 2. The van der Waals surface area contributed by atoms with Gasteiger partial charge < -0.3 is 9.47 Å². The molecular formula is C19H17BrFN3O. The quantitative estimate of drug-likeness (QED) is 0.645. The first-order chi connectivity index (χ1) is 12.0. The van der Waals surface area contributed by atoms with Gasteiger partial charge in [-0.2, -0.15) is 0 Å². The van der Waals surface area contributed by atoms with Gasteiger partial charge >= 0.3 is 0 Å². The van der Waals surface area contributed by atoms with Gasteiger partial charge in [-0.15, -0.1) is 0 Å². The molecule has 128 valence electrons. The number of nitrogens with zero attached hydrogens (tertiary/aromatic N) is 3. The van der Waals surface area contributed by atoms with E-state index in [1.807, 2.05) is 22.9 Å². The van der Waals surface area contributed by atoms with Crippen LogP contribution < -0.4 is 0 Å². The van der Waals surface area contributed by atoms with Crippen LogP contribution in [0.25, 0.3) is 0 Å². The van der Waals surface area contributed by atoms with Gasteiger partial charge in [-0.05, 0) is 35.9 Å². The highest BCUT2D eigenvalue weighted by atomic mass is 79.9. The zero-order valence-corrected chi connectivity index (χ0v) is 15.3. The van der Waals surface area contributed by atoms with E-state index < -0.39 is 0 Å². The van der Waals surface area contributed by atoms with Crippen molar-refractivity contribution in [1.82, 2.24) is 14.5 Å². The second-order valence-electron chi connectivity index (χ2n) is 5.83. The predicted octanol–water partition coefficient (Wildman–Crippen LogP) is 4.11. The molecular weight excluding hydrogens is 385 g/mol. The molecule has 0 aliphatic carbocycles. The SMILES string of the molecule is CN(Cc1cc(Br)ccc1F)C(=O)c1ccc(Cn2ccnc2)cc1. The average molecular weight is 402 g/mol. The number of amides is 1. The van der Waals surface area contributed by atoms with Crippen LogP contribution in [0.3, 0.4) is 0 Å². The Balaban J connectivity index is 1.68. The molecule has 0 saturated carbocycles. The molecule has 2 aromatic carbocycles. The van der Waals surface area contributed by atoms with Crippen LogP contribution in [0, 0.1) is 5.82 Å². The number of rotatable bonds is 5. The highest BCUT2D eigenvalue weighted by Gasteiger charge is 2.14. The largest absolute Gasteiger partial charge is 0.337 e. The standard InChI is InChI=1S/C19H17BrFN3O/c1-23(12-16-10-17(20)6-7-18(16)21)19(25)15-4-2-14(3-5-15)11-24-9-8-22-13-24/h2-10,13H,11-12H2,1H3. The topological polar surface area (TPSA) is 38.1 Å². The second-order valence-corrected chi connectivity index (χ2v) is 6.74. The maximum Gasteiger partial charge on any atom is 0.253 e. The zero-order chi connectivity index (χ0) is 17.8. The summed E-state index contributed by atoms with van der Waals surface area (Å²) in [7, 11) is 1.67. The molecule has 3 aromatic rings. The number of benzene rings is 2. The number of hydrogen-bond acceptors (Lipinski definition) is 2. The Morgan fingerprint density at radius 2 is 2.00 bits per heavy atom. The summed E-state index contributed by atoms with van der Waals surface area (Å²) in [5, 5.41) is 0. The molecule has 0 bridgehead atoms. The summed E-state index contributed by atoms with van der Waals surface area (Å²) in [4.78, 5) is 18.1.